The molecular formula is C13H10F5N3O. The second kappa shape index (κ2) is 6.12. The minimum absolute atomic E-state index is 0.0973. The first kappa shape index (κ1) is 15.9. The molecule has 0 bridgehead atoms. The van der Waals surface area contributed by atoms with E-state index in [9.17, 15) is 26.7 Å². The van der Waals surface area contributed by atoms with Gasteiger partial charge in [-0.25, -0.2) is 22.0 Å². The van der Waals surface area contributed by atoms with E-state index in [0.29, 0.717) is 0 Å². The van der Waals surface area contributed by atoms with Crippen LogP contribution in [-0.2, 0) is 11.3 Å². The molecule has 0 saturated carbocycles. The molecule has 0 aliphatic rings. The van der Waals surface area contributed by atoms with Crippen LogP contribution < -0.4 is 5.32 Å². The molecule has 9 heteroatoms. The molecule has 0 aliphatic heterocycles. The molecule has 118 valence electrons. The summed E-state index contributed by atoms with van der Waals surface area (Å²) in [6, 6.07) is 1.68. The van der Waals surface area contributed by atoms with Crippen LogP contribution in [0.4, 0.5) is 27.6 Å². The van der Waals surface area contributed by atoms with Crippen molar-refractivity contribution in [3.05, 3.63) is 47.0 Å². The SMILES string of the molecule is Cc1ccnn1CCC(=O)Nc1c(F)c(F)c(F)c(F)c1F. The van der Waals surface area contributed by atoms with Gasteiger partial charge in [0.25, 0.3) is 0 Å². The fourth-order valence-corrected chi connectivity index (χ4v) is 1.76. The van der Waals surface area contributed by atoms with E-state index in [-0.39, 0.29) is 13.0 Å². The smallest absolute Gasteiger partial charge is 0.226 e. The van der Waals surface area contributed by atoms with Gasteiger partial charge in [-0.2, -0.15) is 5.10 Å². The maximum Gasteiger partial charge on any atom is 0.226 e. The summed E-state index contributed by atoms with van der Waals surface area (Å²) in [7, 11) is 0. The highest BCUT2D eigenvalue weighted by molar-refractivity contribution is 5.90. The Morgan fingerprint density at radius 2 is 1.64 bits per heavy atom. The number of aryl methyl sites for hydroxylation is 2. The second-order valence-corrected chi connectivity index (χ2v) is 4.44. The first-order valence-electron chi connectivity index (χ1n) is 6.12. The van der Waals surface area contributed by atoms with Crippen LogP contribution in [-0.4, -0.2) is 15.7 Å². The van der Waals surface area contributed by atoms with Gasteiger partial charge < -0.3 is 5.32 Å². The molecule has 4 nitrogen and oxygen atoms in total. The van der Waals surface area contributed by atoms with E-state index in [1.165, 1.54) is 10.9 Å². The average molecular weight is 319 g/mol. The topological polar surface area (TPSA) is 46.9 Å². The Labute approximate surface area is 121 Å². The molecule has 1 amide bonds. The molecule has 0 saturated heterocycles. The lowest BCUT2D eigenvalue weighted by molar-refractivity contribution is -0.116. The monoisotopic (exact) mass is 319 g/mol. The van der Waals surface area contributed by atoms with Crippen molar-refractivity contribution in [1.29, 1.82) is 0 Å². The Hall–Kier alpha value is -2.45. The number of amides is 1. The van der Waals surface area contributed by atoms with Gasteiger partial charge in [-0.3, -0.25) is 9.48 Å². The molecule has 0 atom stereocenters. The standard InChI is InChI=1S/C13H10F5N3O/c1-6-2-4-19-21(6)5-3-7(22)20-13-11(17)9(15)8(14)10(16)12(13)18/h2,4H,3,5H2,1H3,(H,20,22). The maximum atomic E-state index is 13.4. The lowest BCUT2D eigenvalue weighted by Gasteiger charge is -2.10. The van der Waals surface area contributed by atoms with Gasteiger partial charge in [-0.05, 0) is 13.0 Å². The van der Waals surface area contributed by atoms with Crippen molar-refractivity contribution in [2.45, 2.75) is 19.9 Å². The molecule has 1 N–H and O–H groups in total. The number of nitrogens with one attached hydrogen (secondary N) is 1. The Morgan fingerprint density at radius 3 is 2.14 bits per heavy atom. The zero-order valence-corrected chi connectivity index (χ0v) is 11.3. The number of rotatable bonds is 4. The Balaban J connectivity index is 2.14. The Morgan fingerprint density at radius 1 is 1.09 bits per heavy atom. The summed E-state index contributed by atoms with van der Waals surface area (Å²) < 4.78 is 67.1. The van der Waals surface area contributed by atoms with E-state index in [0.717, 1.165) is 5.69 Å². The molecule has 0 radical (unpaired) electrons. The summed E-state index contributed by atoms with van der Waals surface area (Å²) in [6.45, 7) is 1.83. The third kappa shape index (κ3) is 2.92. The summed E-state index contributed by atoms with van der Waals surface area (Å²) in [5.74, 6) is -11.6. The predicted octanol–water partition coefficient (Wildman–Crippen LogP) is 2.92. The number of aromatic nitrogens is 2. The van der Waals surface area contributed by atoms with Crippen LogP contribution >= 0.6 is 0 Å². The molecule has 1 aromatic heterocycles. The number of halogens is 5. The van der Waals surface area contributed by atoms with Crippen molar-refractivity contribution < 1.29 is 26.7 Å². The van der Waals surface area contributed by atoms with Crippen molar-refractivity contribution in [3.8, 4) is 0 Å². The Kier molecular flexibility index (Phi) is 4.43. The summed E-state index contributed by atoms with van der Waals surface area (Å²) in [5, 5.41) is 5.58. The zero-order chi connectivity index (χ0) is 16.4. The molecule has 0 fully saturated rings. The fourth-order valence-electron chi connectivity index (χ4n) is 1.76. The molecule has 0 spiro atoms. The van der Waals surface area contributed by atoms with Gasteiger partial charge >= 0.3 is 0 Å². The van der Waals surface area contributed by atoms with Crippen LogP contribution in [0.5, 0.6) is 0 Å². The van der Waals surface area contributed by atoms with Crippen molar-refractivity contribution in [2.24, 2.45) is 0 Å². The highest BCUT2D eigenvalue weighted by Crippen LogP contribution is 2.27. The van der Waals surface area contributed by atoms with Crippen molar-refractivity contribution in [3.63, 3.8) is 0 Å². The molecule has 0 unspecified atom stereocenters. The molecular weight excluding hydrogens is 309 g/mol. The lowest BCUT2D eigenvalue weighted by Crippen LogP contribution is -2.19. The average Bonchev–Trinajstić information content (AvgIpc) is 2.91. The molecule has 2 rings (SSSR count). The van der Waals surface area contributed by atoms with Crippen LogP contribution in [0.3, 0.4) is 0 Å². The number of anilines is 1. The van der Waals surface area contributed by atoms with Crippen molar-refractivity contribution >= 4 is 11.6 Å². The third-order valence-corrected chi connectivity index (χ3v) is 2.95. The minimum atomic E-state index is -2.28. The fraction of sp³-hybridized carbons (Fsp3) is 0.231. The van der Waals surface area contributed by atoms with Gasteiger partial charge in [0.1, 0.15) is 5.69 Å². The number of nitrogens with zero attached hydrogens (tertiary/aromatic N) is 2. The van der Waals surface area contributed by atoms with E-state index < -0.39 is 40.7 Å². The number of carbonyl (C=O) groups is 1. The highest BCUT2D eigenvalue weighted by atomic mass is 19.2. The van der Waals surface area contributed by atoms with Crippen molar-refractivity contribution in [1.82, 2.24) is 9.78 Å². The number of hydrogen-bond donors (Lipinski definition) is 1. The first-order valence-corrected chi connectivity index (χ1v) is 6.12. The number of hydrogen-bond acceptors (Lipinski definition) is 2. The van der Waals surface area contributed by atoms with E-state index in [4.69, 9.17) is 0 Å². The van der Waals surface area contributed by atoms with Crippen LogP contribution in [0, 0.1) is 36.0 Å². The lowest BCUT2D eigenvalue weighted by atomic mass is 10.2. The van der Waals surface area contributed by atoms with E-state index >= 15 is 0 Å². The van der Waals surface area contributed by atoms with E-state index in [1.54, 1.807) is 18.3 Å². The van der Waals surface area contributed by atoms with Crippen LogP contribution in [0.1, 0.15) is 12.1 Å². The van der Waals surface area contributed by atoms with Crippen LogP contribution in [0.15, 0.2) is 12.3 Å². The summed E-state index contributed by atoms with van der Waals surface area (Å²) in [4.78, 5) is 11.6. The van der Waals surface area contributed by atoms with Gasteiger partial charge in [0.05, 0.1) is 0 Å². The zero-order valence-electron chi connectivity index (χ0n) is 11.3. The minimum Gasteiger partial charge on any atom is -0.321 e. The van der Waals surface area contributed by atoms with Gasteiger partial charge in [0.2, 0.25) is 11.7 Å². The molecule has 1 aromatic carbocycles. The number of benzene rings is 1. The van der Waals surface area contributed by atoms with E-state index in [1.807, 2.05) is 0 Å². The molecule has 22 heavy (non-hydrogen) atoms. The van der Waals surface area contributed by atoms with Gasteiger partial charge in [-0.15, -0.1) is 0 Å². The maximum absolute atomic E-state index is 13.4. The molecule has 0 aliphatic carbocycles. The third-order valence-electron chi connectivity index (χ3n) is 2.95. The van der Waals surface area contributed by atoms with Gasteiger partial charge in [0, 0.05) is 24.9 Å². The largest absolute Gasteiger partial charge is 0.321 e. The van der Waals surface area contributed by atoms with Crippen molar-refractivity contribution in [2.75, 3.05) is 5.32 Å². The quantitative estimate of drug-likeness (QED) is 0.535. The Bertz CT molecular complexity index is 700. The first-order chi connectivity index (χ1) is 10.3. The molecule has 1 heterocycles. The summed E-state index contributed by atoms with van der Waals surface area (Å²) >= 11 is 0. The normalized spacial score (nSPS) is 10.8. The van der Waals surface area contributed by atoms with Crippen LogP contribution in [0.2, 0.25) is 0 Å². The summed E-state index contributed by atoms with van der Waals surface area (Å²) in [6.07, 6.45) is 1.25. The summed E-state index contributed by atoms with van der Waals surface area (Å²) in [5.41, 5.74) is -0.609. The second-order valence-electron chi connectivity index (χ2n) is 4.44. The van der Waals surface area contributed by atoms with Crippen LogP contribution in [0.25, 0.3) is 0 Å². The predicted molar refractivity (Wildman–Crippen MR) is 66.4 cm³/mol. The van der Waals surface area contributed by atoms with Gasteiger partial charge in [0.15, 0.2) is 23.3 Å². The highest BCUT2D eigenvalue weighted by Gasteiger charge is 2.26. The number of carbonyl (C=O) groups excluding carboxylic acids is 1. The molecule has 2 aromatic rings. The van der Waals surface area contributed by atoms with Gasteiger partial charge in [-0.1, -0.05) is 0 Å². The van der Waals surface area contributed by atoms with E-state index in [2.05, 4.69) is 5.10 Å².